The smallest absolute Gasteiger partial charge is 0.328 e. The summed E-state index contributed by atoms with van der Waals surface area (Å²) in [7, 11) is -4.18. The second-order valence-corrected chi connectivity index (χ2v) is 7.80. The molecule has 26 heavy (non-hydrogen) atoms. The molecule has 0 spiro atoms. The fraction of sp³-hybridized carbons (Fsp3) is 0.222. The largest absolute Gasteiger partial charge is 0.480 e. The highest BCUT2D eigenvalue weighted by Crippen LogP contribution is 2.31. The second-order valence-electron chi connectivity index (χ2n) is 6.03. The molecule has 1 fully saturated rings. The Hall–Kier alpha value is -2.87. The number of rotatable bonds is 5. The monoisotopic (exact) mass is 374 g/mol. The zero-order chi connectivity index (χ0) is 18.9. The van der Waals surface area contributed by atoms with Gasteiger partial charge in [0.15, 0.2) is 6.04 Å². The minimum Gasteiger partial charge on any atom is -0.480 e. The van der Waals surface area contributed by atoms with Gasteiger partial charge in [-0.2, -0.15) is 12.8 Å². The van der Waals surface area contributed by atoms with Crippen LogP contribution in [0.3, 0.4) is 0 Å². The predicted molar refractivity (Wildman–Crippen MR) is 94.8 cm³/mol. The molecule has 0 radical (unpaired) electrons. The zero-order valence-electron chi connectivity index (χ0n) is 14.1. The van der Waals surface area contributed by atoms with E-state index < -0.39 is 27.9 Å². The van der Waals surface area contributed by atoms with Crippen LogP contribution < -0.4 is 4.41 Å². The minimum absolute atomic E-state index is 0.0178. The van der Waals surface area contributed by atoms with E-state index in [1.807, 2.05) is 6.92 Å². The highest BCUT2D eigenvalue weighted by Gasteiger charge is 2.44. The predicted octanol–water partition coefficient (Wildman–Crippen LogP) is 2.18. The number of aliphatic carboxylic acids is 1. The van der Waals surface area contributed by atoms with E-state index in [1.165, 1.54) is 24.3 Å². The number of benzene rings is 2. The number of hydrogen-bond acceptors (Lipinski definition) is 4. The van der Waals surface area contributed by atoms with Gasteiger partial charge in [-0.15, -0.1) is 0 Å². The Balaban J connectivity index is 2.17. The van der Waals surface area contributed by atoms with Gasteiger partial charge >= 0.3 is 5.97 Å². The number of amides is 1. The van der Waals surface area contributed by atoms with E-state index in [0.717, 1.165) is 15.0 Å². The van der Waals surface area contributed by atoms with Crippen molar-refractivity contribution in [1.82, 2.24) is 5.01 Å². The number of nitrogens with zero attached hydrogens (tertiary/aromatic N) is 2. The number of hydrazine groups is 1. The molecular formula is C18H18N2O5S. The van der Waals surface area contributed by atoms with Gasteiger partial charge in [-0.25, -0.2) is 9.80 Å². The number of sulfonamides is 1. The molecule has 1 heterocycles. The molecule has 1 saturated heterocycles. The fourth-order valence-corrected chi connectivity index (χ4v) is 4.39. The van der Waals surface area contributed by atoms with Crippen molar-refractivity contribution < 1.29 is 23.1 Å². The molecule has 1 atom stereocenters. The fourth-order valence-electron chi connectivity index (χ4n) is 2.87. The topological polar surface area (TPSA) is 95.0 Å². The molecule has 1 N–H and O–H groups in total. The van der Waals surface area contributed by atoms with Crippen LogP contribution in [0.25, 0.3) is 0 Å². The molecular weight excluding hydrogens is 356 g/mol. The van der Waals surface area contributed by atoms with Crippen molar-refractivity contribution in [3.8, 4) is 0 Å². The van der Waals surface area contributed by atoms with Crippen LogP contribution in [0.15, 0.2) is 59.5 Å². The van der Waals surface area contributed by atoms with Crippen LogP contribution in [0.1, 0.15) is 18.4 Å². The van der Waals surface area contributed by atoms with Crippen molar-refractivity contribution in [1.29, 1.82) is 0 Å². The molecule has 1 amide bonds. The van der Waals surface area contributed by atoms with Crippen molar-refractivity contribution in [2.75, 3.05) is 4.41 Å². The molecule has 0 aromatic heterocycles. The molecule has 0 aliphatic carbocycles. The van der Waals surface area contributed by atoms with Gasteiger partial charge in [0.05, 0.1) is 10.6 Å². The summed E-state index contributed by atoms with van der Waals surface area (Å²) in [5.41, 5.74) is 1.09. The van der Waals surface area contributed by atoms with Crippen LogP contribution in [0.4, 0.5) is 5.69 Å². The summed E-state index contributed by atoms with van der Waals surface area (Å²) < 4.78 is 27.4. The van der Waals surface area contributed by atoms with E-state index in [1.54, 1.807) is 30.3 Å². The summed E-state index contributed by atoms with van der Waals surface area (Å²) in [6.07, 6.45) is 0.0324. The molecule has 2 aromatic rings. The average molecular weight is 374 g/mol. The third-order valence-corrected chi connectivity index (χ3v) is 5.90. The van der Waals surface area contributed by atoms with Crippen molar-refractivity contribution >= 4 is 27.6 Å². The van der Waals surface area contributed by atoms with Crippen LogP contribution in [0, 0.1) is 6.92 Å². The summed E-state index contributed by atoms with van der Waals surface area (Å²) in [5, 5.41) is 10.3. The Kier molecular flexibility index (Phi) is 4.69. The maximum Gasteiger partial charge on any atom is 0.328 e. The van der Waals surface area contributed by atoms with E-state index in [9.17, 15) is 23.1 Å². The SMILES string of the molecule is Cc1ccc(S(=O)(=O)N(c2ccccc2)N2C(=O)CCC2C(=O)O)cc1. The molecule has 0 saturated carbocycles. The highest BCUT2D eigenvalue weighted by molar-refractivity contribution is 7.92. The van der Waals surface area contributed by atoms with E-state index in [-0.39, 0.29) is 23.4 Å². The summed E-state index contributed by atoms with van der Waals surface area (Å²) in [4.78, 5) is 24.0. The third-order valence-electron chi connectivity index (χ3n) is 4.19. The number of hydrogen-bond donors (Lipinski definition) is 1. The maximum absolute atomic E-state index is 13.3. The summed E-state index contributed by atoms with van der Waals surface area (Å²) in [5.74, 6) is -1.78. The summed E-state index contributed by atoms with van der Waals surface area (Å²) >= 11 is 0. The van der Waals surface area contributed by atoms with E-state index >= 15 is 0 Å². The van der Waals surface area contributed by atoms with Crippen LogP contribution in [-0.4, -0.2) is 36.5 Å². The Labute approximate surface area is 151 Å². The van der Waals surface area contributed by atoms with Gasteiger partial charge in [-0.05, 0) is 37.6 Å². The molecule has 136 valence electrons. The van der Waals surface area contributed by atoms with Gasteiger partial charge in [0.1, 0.15) is 0 Å². The Bertz CT molecular complexity index is 926. The quantitative estimate of drug-likeness (QED) is 0.866. The summed E-state index contributed by atoms with van der Waals surface area (Å²) in [6, 6.07) is 13.0. The first-order valence-corrected chi connectivity index (χ1v) is 9.48. The first kappa shape index (κ1) is 17.9. The number of carboxylic acids is 1. The second kappa shape index (κ2) is 6.80. The number of carboxylic acid groups (broad SMARTS) is 1. The van der Waals surface area contributed by atoms with E-state index in [0.29, 0.717) is 0 Å². The number of aryl methyl sites for hydroxylation is 1. The normalized spacial score (nSPS) is 17.3. The van der Waals surface area contributed by atoms with Gasteiger partial charge in [0.2, 0.25) is 5.91 Å². The standard InChI is InChI=1S/C18H18N2O5S/c1-13-7-9-15(10-8-13)26(24,25)20(14-5-3-2-4-6-14)19-16(18(22)23)11-12-17(19)21/h2-10,16H,11-12H2,1H3,(H,22,23). The lowest BCUT2D eigenvalue weighted by molar-refractivity contribution is -0.145. The van der Waals surface area contributed by atoms with Crippen LogP contribution >= 0.6 is 0 Å². The lowest BCUT2D eigenvalue weighted by atomic mass is 10.2. The van der Waals surface area contributed by atoms with Crippen molar-refractivity contribution in [2.24, 2.45) is 0 Å². The number of carbonyl (C=O) groups is 2. The van der Waals surface area contributed by atoms with Crippen molar-refractivity contribution in [3.63, 3.8) is 0 Å². The Morgan fingerprint density at radius 3 is 2.31 bits per heavy atom. The van der Waals surface area contributed by atoms with E-state index in [2.05, 4.69) is 0 Å². The molecule has 3 rings (SSSR count). The first-order chi connectivity index (χ1) is 12.3. The minimum atomic E-state index is -4.18. The molecule has 1 aliphatic heterocycles. The van der Waals surface area contributed by atoms with Gasteiger partial charge in [-0.3, -0.25) is 4.79 Å². The van der Waals surface area contributed by atoms with Crippen LogP contribution in [-0.2, 0) is 19.6 Å². The third kappa shape index (κ3) is 3.15. The Morgan fingerprint density at radius 2 is 1.73 bits per heavy atom. The van der Waals surface area contributed by atoms with Gasteiger partial charge in [-0.1, -0.05) is 35.9 Å². The van der Waals surface area contributed by atoms with Crippen molar-refractivity contribution in [2.45, 2.75) is 30.7 Å². The number of carbonyl (C=O) groups excluding carboxylic acids is 1. The van der Waals surface area contributed by atoms with Crippen LogP contribution in [0.5, 0.6) is 0 Å². The van der Waals surface area contributed by atoms with Crippen LogP contribution in [0.2, 0.25) is 0 Å². The first-order valence-electron chi connectivity index (χ1n) is 8.04. The van der Waals surface area contributed by atoms with Gasteiger partial charge in [0, 0.05) is 6.42 Å². The molecule has 7 nitrogen and oxygen atoms in total. The molecule has 1 unspecified atom stereocenters. The molecule has 8 heteroatoms. The van der Waals surface area contributed by atoms with E-state index in [4.69, 9.17) is 0 Å². The molecule has 1 aliphatic rings. The van der Waals surface area contributed by atoms with Gasteiger partial charge < -0.3 is 5.11 Å². The average Bonchev–Trinajstić information content (AvgIpc) is 2.98. The molecule has 2 aromatic carbocycles. The lowest BCUT2D eigenvalue weighted by Gasteiger charge is -2.35. The molecule has 0 bridgehead atoms. The number of anilines is 1. The Morgan fingerprint density at radius 1 is 1.12 bits per heavy atom. The maximum atomic E-state index is 13.3. The highest BCUT2D eigenvalue weighted by atomic mass is 32.2. The van der Waals surface area contributed by atoms with Crippen molar-refractivity contribution in [3.05, 3.63) is 60.2 Å². The lowest BCUT2D eigenvalue weighted by Crippen LogP contribution is -2.53. The van der Waals surface area contributed by atoms with Gasteiger partial charge in [0.25, 0.3) is 10.0 Å². The number of para-hydroxylation sites is 1. The zero-order valence-corrected chi connectivity index (χ0v) is 14.9. The summed E-state index contributed by atoms with van der Waals surface area (Å²) in [6.45, 7) is 1.83.